The van der Waals surface area contributed by atoms with Gasteiger partial charge in [-0.2, -0.15) is 13.2 Å². The minimum atomic E-state index is -4.49. The summed E-state index contributed by atoms with van der Waals surface area (Å²) in [5.74, 6) is -0.599. The zero-order valence-electron chi connectivity index (χ0n) is 13.8. The van der Waals surface area contributed by atoms with Crippen LogP contribution in [0.5, 0.6) is 0 Å². The number of amides is 1. The van der Waals surface area contributed by atoms with E-state index in [1.165, 1.54) is 12.1 Å². The van der Waals surface area contributed by atoms with Gasteiger partial charge in [0.25, 0.3) is 5.91 Å². The Hall–Kier alpha value is -3.15. The van der Waals surface area contributed by atoms with Gasteiger partial charge in [-0.05, 0) is 48.9 Å². The van der Waals surface area contributed by atoms with Crippen LogP contribution in [0.25, 0.3) is 11.3 Å². The van der Waals surface area contributed by atoms with Crippen LogP contribution in [0.2, 0.25) is 0 Å². The molecule has 0 aliphatic rings. The average molecular weight is 356 g/mol. The third-order valence-corrected chi connectivity index (χ3v) is 3.88. The molecule has 0 atom stereocenters. The summed E-state index contributed by atoms with van der Waals surface area (Å²) in [5, 5.41) is 2.60. The molecule has 0 unspecified atom stereocenters. The molecular formula is C20H15F3N2O. The van der Waals surface area contributed by atoms with E-state index in [2.05, 4.69) is 10.3 Å². The van der Waals surface area contributed by atoms with Gasteiger partial charge in [0.15, 0.2) is 0 Å². The minimum Gasteiger partial charge on any atom is -0.322 e. The standard InChI is InChI=1S/C20H15F3N2O/c1-13-4-3-11-24-18(13)14-7-9-17(10-8-14)25-19(26)15-5-2-6-16(12-15)20(21,22)23/h2-12H,1H3,(H,25,26). The predicted octanol–water partition coefficient (Wildman–Crippen LogP) is 5.33. The summed E-state index contributed by atoms with van der Waals surface area (Å²) in [6.45, 7) is 1.95. The maximum Gasteiger partial charge on any atom is 0.416 e. The summed E-state index contributed by atoms with van der Waals surface area (Å²) in [6.07, 6.45) is -2.79. The number of aromatic nitrogens is 1. The molecule has 0 fully saturated rings. The summed E-state index contributed by atoms with van der Waals surface area (Å²) in [6, 6.07) is 15.1. The van der Waals surface area contributed by atoms with E-state index in [-0.39, 0.29) is 5.56 Å². The summed E-state index contributed by atoms with van der Waals surface area (Å²) in [4.78, 5) is 16.5. The molecule has 1 amide bonds. The van der Waals surface area contributed by atoms with Gasteiger partial charge in [0, 0.05) is 23.0 Å². The number of nitrogens with one attached hydrogen (secondary N) is 1. The van der Waals surface area contributed by atoms with Crippen LogP contribution >= 0.6 is 0 Å². The molecule has 0 aliphatic carbocycles. The smallest absolute Gasteiger partial charge is 0.322 e. The second-order valence-electron chi connectivity index (χ2n) is 5.78. The number of hydrogen-bond acceptors (Lipinski definition) is 2. The zero-order chi connectivity index (χ0) is 18.7. The number of anilines is 1. The quantitative estimate of drug-likeness (QED) is 0.689. The number of rotatable bonds is 3. The first-order chi connectivity index (χ1) is 12.3. The molecule has 0 saturated carbocycles. The minimum absolute atomic E-state index is 0.0514. The van der Waals surface area contributed by atoms with Crippen molar-refractivity contribution in [2.45, 2.75) is 13.1 Å². The molecule has 26 heavy (non-hydrogen) atoms. The van der Waals surface area contributed by atoms with Gasteiger partial charge < -0.3 is 5.32 Å². The van der Waals surface area contributed by atoms with Crippen molar-refractivity contribution in [1.82, 2.24) is 4.98 Å². The fraction of sp³-hybridized carbons (Fsp3) is 0.100. The molecule has 3 rings (SSSR count). The molecule has 0 spiro atoms. The highest BCUT2D eigenvalue weighted by molar-refractivity contribution is 6.04. The fourth-order valence-corrected chi connectivity index (χ4v) is 2.54. The van der Waals surface area contributed by atoms with Crippen molar-refractivity contribution in [3.05, 3.63) is 83.6 Å². The van der Waals surface area contributed by atoms with E-state index in [1.807, 2.05) is 19.1 Å². The lowest BCUT2D eigenvalue weighted by molar-refractivity contribution is -0.137. The van der Waals surface area contributed by atoms with Gasteiger partial charge in [-0.1, -0.05) is 24.3 Å². The maximum absolute atomic E-state index is 12.8. The molecular weight excluding hydrogens is 341 g/mol. The second kappa shape index (κ2) is 7.00. The Kier molecular flexibility index (Phi) is 4.75. The number of halogens is 3. The molecule has 1 aromatic heterocycles. The first-order valence-electron chi connectivity index (χ1n) is 7.85. The lowest BCUT2D eigenvalue weighted by Gasteiger charge is -2.10. The molecule has 132 valence electrons. The lowest BCUT2D eigenvalue weighted by Crippen LogP contribution is -2.13. The van der Waals surface area contributed by atoms with E-state index in [9.17, 15) is 18.0 Å². The molecule has 3 nitrogen and oxygen atoms in total. The van der Waals surface area contributed by atoms with Crippen LogP contribution in [-0.4, -0.2) is 10.9 Å². The van der Waals surface area contributed by atoms with E-state index in [1.54, 1.807) is 30.5 Å². The van der Waals surface area contributed by atoms with Crippen LogP contribution in [0.3, 0.4) is 0 Å². The van der Waals surface area contributed by atoms with E-state index < -0.39 is 17.6 Å². The van der Waals surface area contributed by atoms with Crippen molar-refractivity contribution >= 4 is 11.6 Å². The van der Waals surface area contributed by atoms with E-state index in [4.69, 9.17) is 0 Å². The van der Waals surface area contributed by atoms with Gasteiger partial charge in [-0.15, -0.1) is 0 Å². The van der Waals surface area contributed by atoms with Crippen molar-refractivity contribution < 1.29 is 18.0 Å². The molecule has 0 aliphatic heterocycles. The monoisotopic (exact) mass is 356 g/mol. The van der Waals surface area contributed by atoms with Crippen LogP contribution < -0.4 is 5.32 Å². The zero-order valence-corrected chi connectivity index (χ0v) is 13.8. The molecule has 6 heteroatoms. The third kappa shape index (κ3) is 3.91. The molecule has 2 aromatic carbocycles. The Morgan fingerprint density at radius 2 is 1.73 bits per heavy atom. The first kappa shape index (κ1) is 17.7. The number of pyridine rings is 1. The van der Waals surface area contributed by atoms with E-state index in [0.29, 0.717) is 5.69 Å². The van der Waals surface area contributed by atoms with E-state index >= 15 is 0 Å². The SMILES string of the molecule is Cc1cccnc1-c1ccc(NC(=O)c2cccc(C(F)(F)F)c2)cc1. The summed E-state index contributed by atoms with van der Waals surface area (Å²) < 4.78 is 38.3. The largest absolute Gasteiger partial charge is 0.416 e. The fourth-order valence-electron chi connectivity index (χ4n) is 2.54. The third-order valence-electron chi connectivity index (χ3n) is 3.88. The van der Waals surface area contributed by atoms with Crippen molar-refractivity contribution in [3.8, 4) is 11.3 Å². The second-order valence-corrected chi connectivity index (χ2v) is 5.78. The summed E-state index contributed by atoms with van der Waals surface area (Å²) >= 11 is 0. The number of nitrogens with zero attached hydrogens (tertiary/aromatic N) is 1. The van der Waals surface area contributed by atoms with Gasteiger partial charge in [0.05, 0.1) is 11.3 Å². The number of carbonyl (C=O) groups is 1. The Morgan fingerprint density at radius 1 is 1.00 bits per heavy atom. The molecule has 0 bridgehead atoms. The predicted molar refractivity (Wildman–Crippen MR) is 93.8 cm³/mol. The molecule has 0 saturated heterocycles. The Bertz CT molecular complexity index is 934. The van der Waals surface area contributed by atoms with Crippen LogP contribution in [-0.2, 0) is 6.18 Å². The Labute approximate surface area is 148 Å². The first-order valence-corrected chi connectivity index (χ1v) is 7.85. The topological polar surface area (TPSA) is 42.0 Å². The van der Waals surface area contributed by atoms with Gasteiger partial charge in [-0.25, -0.2) is 0 Å². The molecule has 3 aromatic rings. The van der Waals surface area contributed by atoms with Gasteiger partial charge in [-0.3, -0.25) is 9.78 Å². The molecule has 1 N–H and O–H groups in total. The summed E-state index contributed by atoms with van der Waals surface area (Å²) in [5.41, 5.74) is 2.33. The number of carbonyl (C=O) groups excluding carboxylic acids is 1. The van der Waals surface area contributed by atoms with Crippen LogP contribution in [0.15, 0.2) is 66.9 Å². The van der Waals surface area contributed by atoms with Crippen molar-refractivity contribution in [2.24, 2.45) is 0 Å². The average Bonchev–Trinajstić information content (AvgIpc) is 2.62. The van der Waals surface area contributed by atoms with Crippen LogP contribution in [0.1, 0.15) is 21.5 Å². The van der Waals surface area contributed by atoms with Crippen molar-refractivity contribution in [3.63, 3.8) is 0 Å². The van der Waals surface area contributed by atoms with Crippen molar-refractivity contribution in [1.29, 1.82) is 0 Å². The van der Waals surface area contributed by atoms with Crippen LogP contribution in [0, 0.1) is 6.92 Å². The number of benzene rings is 2. The van der Waals surface area contributed by atoms with Gasteiger partial charge in [0.1, 0.15) is 0 Å². The Morgan fingerprint density at radius 3 is 2.38 bits per heavy atom. The maximum atomic E-state index is 12.8. The van der Waals surface area contributed by atoms with Gasteiger partial charge in [0.2, 0.25) is 0 Å². The van der Waals surface area contributed by atoms with E-state index in [0.717, 1.165) is 29.0 Å². The highest BCUT2D eigenvalue weighted by Gasteiger charge is 2.30. The highest BCUT2D eigenvalue weighted by atomic mass is 19.4. The normalized spacial score (nSPS) is 11.2. The van der Waals surface area contributed by atoms with Crippen LogP contribution in [0.4, 0.5) is 18.9 Å². The highest BCUT2D eigenvalue weighted by Crippen LogP contribution is 2.29. The number of alkyl halides is 3. The number of aryl methyl sites for hydroxylation is 1. The number of hydrogen-bond donors (Lipinski definition) is 1. The molecule has 1 heterocycles. The lowest BCUT2D eigenvalue weighted by atomic mass is 10.1. The molecule has 0 radical (unpaired) electrons. The Balaban J connectivity index is 1.77. The summed E-state index contributed by atoms with van der Waals surface area (Å²) in [7, 11) is 0. The van der Waals surface area contributed by atoms with Crippen molar-refractivity contribution in [2.75, 3.05) is 5.32 Å². The van der Waals surface area contributed by atoms with Gasteiger partial charge >= 0.3 is 6.18 Å².